The van der Waals surface area contributed by atoms with Crippen LogP contribution in [0.3, 0.4) is 0 Å². The van der Waals surface area contributed by atoms with Crippen molar-refractivity contribution in [3.8, 4) is 5.75 Å². The highest BCUT2D eigenvalue weighted by molar-refractivity contribution is 5.82. The van der Waals surface area contributed by atoms with E-state index >= 15 is 0 Å². The maximum absolute atomic E-state index is 13.1. The van der Waals surface area contributed by atoms with Crippen molar-refractivity contribution in [2.24, 2.45) is 0 Å². The van der Waals surface area contributed by atoms with Crippen molar-refractivity contribution in [1.29, 1.82) is 0 Å². The van der Waals surface area contributed by atoms with Crippen molar-refractivity contribution in [2.45, 2.75) is 32.8 Å². The summed E-state index contributed by atoms with van der Waals surface area (Å²) >= 11 is 0. The SMILES string of the molecule is Cc1ccc(Nc2cc(N3CCN(C(=O)C4CCc5ccccc5O4)CC3)nc(C)n2)cc1. The monoisotopic (exact) mass is 443 g/mol. The second kappa shape index (κ2) is 9.10. The number of hydrogen-bond acceptors (Lipinski definition) is 6. The molecule has 0 spiro atoms. The second-order valence-corrected chi connectivity index (χ2v) is 8.71. The van der Waals surface area contributed by atoms with Gasteiger partial charge in [-0.05, 0) is 50.5 Å². The maximum atomic E-state index is 13.1. The second-order valence-electron chi connectivity index (χ2n) is 8.71. The highest BCUT2D eigenvalue weighted by Crippen LogP contribution is 2.28. The summed E-state index contributed by atoms with van der Waals surface area (Å²) < 4.78 is 6.02. The normalized spacial score (nSPS) is 17.8. The number of rotatable bonds is 4. The molecule has 170 valence electrons. The molecule has 2 aliphatic rings. The number of nitrogens with one attached hydrogen (secondary N) is 1. The number of ether oxygens (including phenoxy) is 1. The number of piperazine rings is 1. The van der Waals surface area contributed by atoms with E-state index in [2.05, 4.69) is 45.3 Å². The number of carbonyl (C=O) groups is 1. The van der Waals surface area contributed by atoms with Crippen LogP contribution in [0.1, 0.15) is 23.4 Å². The van der Waals surface area contributed by atoms with Crippen LogP contribution in [-0.2, 0) is 11.2 Å². The lowest BCUT2D eigenvalue weighted by Crippen LogP contribution is -2.53. The van der Waals surface area contributed by atoms with E-state index in [4.69, 9.17) is 4.74 Å². The fourth-order valence-corrected chi connectivity index (χ4v) is 4.42. The minimum atomic E-state index is -0.391. The van der Waals surface area contributed by atoms with E-state index < -0.39 is 6.10 Å². The summed E-state index contributed by atoms with van der Waals surface area (Å²) in [7, 11) is 0. The number of carbonyl (C=O) groups excluding carboxylic acids is 1. The van der Waals surface area contributed by atoms with Gasteiger partial charge in [0.2, 0.25) is 0 Å². The van der Waals surface area contributed by atoms with Crippen molar-refractivity contribution in [2.75, 3.05) is 36.4 Å². The highest BCUT2D eigenvalue weighted by atomic mass is 16.5. The van der Waals surface area contributed by atoms with Gasteiger partial charge in [-0.1, -0.05) is 35.9 Å². The topological polar surface area (TPSA) is 70.6 Å². The molecule has 7 nitrogen and oxygen atoms in total. The molecule has 0 radical (unpaired) electrons. The summed E-state index contributed by atoms with van der Waals surface area (Å²) in [5.74, 6) is 3.30. The molecule has 7 heteroatoms. The molecule has 0 saturated carbocycles. The number of para-hydroxylation sites is 1. The van der Waals surface area contributed by atoms with Crippen LogP contribution in [0.15, 0.2) is 54.6 Å². The fraction of sp³-hybridized carbons (Fsp3) is 0.346. The van der Waals surface area contributed by atoms with Gasteiger partial charge < -0.3 is 19.9 Å². The Kier molecular flexibility index (Phi) is 5.86. The zero-order valence-corrected chi connectivity index (χ0v) is 19.1. The van der Waals surface area contributed by atoms with Crippen LogP contribution in [0.25, 0.3) is 0 Å². The molecular formula is C26H29N5O2. The summed E-state index contributed by atoms with van der Waals surface area (Å²) in [4.78, 5) is 26.4. The van der Waals surface area contributed by atoms with E-state index in [0.29, 0.717) is 13.1 Å². The minimum absolute atomic E-state index is 0.0877. The molecule has 0 aliphatic carbocycles. The number of nitrogens with zero attached hydrogens (tertiary/aromatic N) is 4. The van der Waals surface area contributed by atoms with Crippen molar-refractivity contribution in [3.63, 3.8) is 0 Å². The van der Waals surface area contributed by atoms with E-state index in [-0.39, 0.29) is 5.91 Å². The summed E-state index contributed by atoms with van der Waals surface area (Å²) in [6.07, 6.45) is 1.22. The largest absolute Gasteiger partial charge is 0.480 e. The Balaban J connectivity index is 1.21. The van der Waals surface area contributed by atoms with Gasteiger partial charge in [0.1, 0.15) is 23.2 Å². The number of fused-ring (bicyclic) bond motifs is 1. The molecule has 2 aliphatic heterocycles. The zero-order chi connectivity index (χ0) is 22.8. The highest BCUT2D eigenvalue weighted by Gasteiger charge is 2.31. The minimum Gasteiger partial charge on any atom is -0.480 e. The van der Waals surface area contributed by atoms with E-state index in [0.717, 1.165) is 54.8 Å². The standard InChI is InChI=1S/C26H29N5O2/c1-18-7-10-21(11-8-18)29-24-17-25(28-19(2)27-24)30-13-15-31(16-14-30)26(32)23-12-9-20-5-3-4-6-22(20)33-23/h3-8,10-11,17,23H,9,12-16H2,1-2H3,(H,27,28,29). The summed E-state index contributed by atoms with van der Waals surface area (Å²) in [6, 6.07) is 18.2. The molecule has 0 bridgehead atoms. The molecule has 1 N–H and O–H groups in total. The average molecular weight is 444 g/mol. The molecular weight excluding hydrogens is 414 g/mol. The van der Waals surface area contributed by atoms with Gasteiger partial charge in [-0.15, -0.1) is 0 Å². The van der Waals surface area contributed by atoms with E-state index in [1.165, 1.54) is 11.1 Å². The predicted molar refractivity (Wildman–Crippen MR) is 129 cm³/mol. The number of benzene rings is 2. The van der Waals surface area contributed by atoms with Gasteiger partial charge in [-0.3, -0.25) is 4.79 Å². The molecule has 5 rings (SSSR count). The summed E-state index contributed by atoms with van der Waals surface area (Å²) in [5.41, 5.74) is 3.39. The van der Waals surface area contributed by atoms with E-state index in [1.807, 2.05) is 48.2 Å². The first-order valence-corrected chi connectivity index (χ1v) is 11.5. The molecule has 3 aromatic rings. The van der Waals surface area contributed by atoms with Gasteiger partial charge in [0.05, 0.1) is 0 Å². The van der Waals surface area contributed by atoms with Gasteiger partial charge >= 0.3 is 0 Å². The van der Waals surface area contributed by atoms with Crippen molar-refractivity contribution in [3.05, 3.63) is 71.5 Å². The quantitative estimate of drug-likeness (QED) is 0.660. The summed E-state index contributed by atoms with van der Waals surface area (Å²) in [5, 5.41) is 3.37. The Morgan fingerprint density at radius 2 is 1.76 bits per heavy atom. The van der Waals surface area contributed by atoms with Crippen LogP contribution in [0.2, 0.25) is 0 Å². The molecule has 2 aromatic carbocycles. The molecule has 1 saturated heterocycles. The van der Waals surface area contributed by atoms with Gasteiger partial charge in [-0.25, -0.2) is 9.97 Å². The zero-order valence-electron chi connectivity index (χ0n) is 19.1. The van der Waals surface area contributed by atoms with Crippen molar-refractivity contribution < 1.29 is 9.53 Å². The first kappa shape index (κ1) is 21.2. The molecule has 33 heavy (non-hydrogen) atoms. The summed E-state index contributed by atoms with van der Waals surface area (Å²) in [6.45, 7) is 6.75. The van der Waals surface area contributed by atoms with Crippen LogP contribution < -0.4 is 15.0 Å². The maximum Gasteiger partial charge on any atom is 0.263 e. The van der Waals surface area contributed by atoms with Gasteiger partial charge in [0.15, 0.2) is 6.10 Å². The van der Waals surface area contributed by atoms with E-state index in [1.54, 1.807) is 0 Å². The van der Waals surface area contributed by atoms with Crippen LogP contribution in [-0.4, -0.2) is 53.1 Å². The lowest BCUT2D eigenvalue weighted by molar-refractivity contribution is -0.139. The first-order chi connectivity index (χ1) is 16.0. The van der Waals surface area contributed by atoms with Crippen molar-refractivity contribution in [1.82, 2.24) is 14.9 Å². The number of aromatic nitrogens is 2. The third-order valence-electron chi connectivity index (χ3n) is 6.26. The lowest BCUT2D eigenvalue weighted by Gasteiger charge is -2.37. The average Bonchev–Trinajstić information content (AvgIpc) is 2.84. The smallest absolute Gasteiger partial charge is 0.263 e. The third kappa shape index (κ3) is 4.77. The van der Waals surface area contributed by atoms with Crippen LogP contribution in [0, 0.1) is 13.8 Å². The Morgan fingerprint density at radius 1 is 1.00 bits per heavy atom. The molecule has 1 aromatic heterocycles. The molecule has 1 fully saturated rings. The Labute approximate surface area is 194 Å². The fourth-order valence-electron chi connectivity index (χ4n) is 4.42. The molecule has 3 heterocycles. The number of aryl methyl sites for hydroxylation is 3. The van der Waals surface area contributed by atoms with E-state index in [9.17, 15) is 4.79 Å². The molecule has 1 atom stereocenters. The Morgan fingerprint density at radius 3 is 2.55 bits per heavy atom. The third-order valence-corrected chi connectivity index (χ3v) is 6.26. The number of amides is 1. The van der Waals surface area contributed by atoms with Crippen LogP contribution in [0.5, 0.6) is 5.75 Å². The first-order valence-electron chi connectivity index (χ1n) is 11.5. The van der Waals surface area contributed by atoms with Crippen molar-refractivity contribution >= 4 is 23.2 Å². The molecule has 1 amide bonds. The Bertz CT molecular complexity index is 1140. The van der Waals surface area contributed by atoms with Crippen LogP contribution in [0.4, 0.5) is 17.3 Å². The van der Waals surface area contributed by atoms with Crippen LogP contribution >= 0.6 is 0 Å². The molecule has 1 unspecified atom stereocenters. The number of anilines is 3. The van der Waals surface area contributed by atoms with Gasteiger partial charge in [0, 0.05) is 37.9 Å². The lowest BCUT2D eigenvalue weighted by atomic mass is 10.0. The number of hydrogen-bond donors (Lipinski definition) is 1. The van der Waals surface area contributed by atoms with Gasteiger partial charge in [-0.2, -0.15) is 0 Å². The van der Waals surface area contributed by atoms with Gasteiger partial charge in [0.25, 0.3) is 5.91 Å². The Hall–Kier alpha value is -3.61. The predicted octanol–water partition coefficient (Wildman–Crippen LogP) is 3.88.